The van der Waals surface area contributed by atoms with Crippen molar-refractivity contribution in [3.05, 3.63) is 59.1 Å². The lowest BCUT2D eigenvalue weighted by atomic mass is 10.2. The van der Waals surface area contributed by atoms with Gasteiger partial charge in [0.05, 0.1) is 5.69 Å². The normalized spacial score (nSPS) is 14.6. The Morgan fingerprint density at radius 2 is 1.75 bits per heavy atom. The Balaban J connectivity index is 1.78. The highest BCUT2D eigenvalue weighted by Crippen LogP contribution is 2.34. The topological polar surface area (TPSA) is 12.5 Å². The molecule has 0 amide bonds. The van der Waals surface area contributed by atoms with E-state index in [9.17, 15) is 0 Å². The molecule has 0 aliphatic carbocycles. The molecule has 0 N–H and O–H groups in total. The molecule has 1 saturated heterocycles. The number of ether oxygens (including phenoxy) is 1. The van der Waals surface area contributed by atoms with Gasteiger partial charge in [-0.15, -0.1) is 0 Å². The van der Waals surface area contributed by atoms with Crippen molar-refractivity contribution in [1.29, 1.82) is 0 Å². The molecular formula is C17H18ClNO. The summed E-state index contributed by atoms with van der Waals surface area (Å²) in [5, 5.41) is 0.763. The van der Waals surface area contributed by atoms with Gasteiger partial charge in [0.25, 0.3) is 0 Å². The molecule has 2 aromatic carbocycles. The zero-order valence-corrected chi connectivity index (χ0v) is 12.1. The minimum absolute atomic E-state index is 0.587. The Bertz CT molecular complexity index is 564. The fraction of sp³-hybridized carbons (Fsp3) is 0.294. The van der Waals surface area contributed by atoms with E-state index in [1.807, 2.05) is 36.4 Å². The Morgan fingerprint density at radius 3 is 2.50 bits per heavy atom. The lowest BCUT2D eigenvalue weighted by Crippen LogP contribution is -2.18. The number of hydrogen-bond donors (Lipinski definition) is 0. The van der Waals surface area contributed by atoms with Gasteiger partial charge in [0, 0.05) is 18.1 Å². The third kappa shape index (κ3) is 3.07. The van der Waals surface area contributed by atoms with E-state index in [0.29, 0.717) is 6.61 Å². The predicted molar refractivity (Wildman–Crippen MR) is 83.7 cm³/mol. The summed E-state index contributed by atoms with van der Waals surface area (Å²) in [6.07, 6.45) is 2.48. The lowest BCUT2D eigenvalue weighted by molar-refractivity contribution is 0.306. The SMILES string of the molecule is Clc1ccc(OCc2ccccc2)c(N2CCCC2)c1. The van der Waals surface area contributed by atoms with Crippen molar-refractivity contribution in [3.63, 3.8) is 0 Å². The number of nitrogens with zero attached hydrogens (tertiary/aromatic N) is 1. The minimum atomic E-state index is 0.587. The van der Waals surface area contributed by atoms with Crippen molar-refractivity contribution in [2.75, 3.05) is 18.0 Å². The number of hydrogen-bond acceptors (Lipinski definition) is 2. The van der Waals surface area contributed by atoms with Crippen molar-refractivity contribution in [2.45, 2.75) is 19.4 Å². The van der Waals surface area contributed by atoms with E-state index in [1.54, 1.807) is 0 Å². The van der Waals surface area contributed by atoms with Crippen molar-refractivity contribution in [2.24, 2.45) is 0 Å². The van der Waals surface area contributed by atoms with Crippen LogP contribution in [0, 0.1) is 0 Å². The van der Waals surface area contributed by atoms with E-state index in [1.165, 1.54) is 18.4 Å². The molecule has 0 atom stereocenters. The van der Waals surface area contributed by atoms with Gasteiger partial charge in [0.2, 0.25) is 0 Å². The molecule has 1 heterocycles. The first-order chi connectivity index (χ1) is 9.83. The largest absolute Gasteiger partial charge is 0.487 e. The van der Waals surface area contributed by atoms with Crippen molar-refractivity contribution in [1.82, 2.24) is 0 Å². The second-order valence-electron chi connectivity index (χ2n) is 5.08. The van der Waals surface area contributed by atoms with Gasteiger partial charge in [-0.2, -0.15) is 0 Å². The van der Waals surface area contributed by atoms with E-state index in [4.69, 9.17) is 16.3 Å². The van der Waals surface area contributed by atoms with Crippen LogP contribution in [0.3, 0.4) is 0 Å². The van der Waals surface area contributed by atoms with Crippen LogP contribution in [0.5, 0.6) is 5.75 Å². The maximum Gasteiger partial charge on any atom is 0.143 e. The van der Waals surface area contributed by atoms with Crippen molar-refractivity contribution in [3.8, 4) is 5.75 Å². The predicted octanol–water partition coefficient (Wildman–Crippen LogP) is 4.52. The van der Waals surface area contributed by atoms with Crippen LogP contribution < -0.4 is 9.64 Å². The summed E-state index contributed by atoms with van der Waals surface area (Å²) in [4.78, 5) is 2.35. The highest BCUT2D eigenvalue weighted by molar-refractivity contribution is 6.30. The number of rotatable bonds is 4. The van der Waals surface area contributed by atoms with Crippen LogP contribution in [0.4, 0.5) is 5.69 Å². The Labute approximate surface area is 124 Å². The second-order valence-corrected chi connectivity index (χ2v) is 5.52. The third-order valence-electron chi connectivity index (χ3n) is 3.60. The molecule has 2 nitrogen and oxygen atoms in total. The van der Waals surface area contributed by atoms with Gasteiger partial charge in [0.1, 0.15) is 12.4 Å². The quantitative estimate of drug-likeness (QED) is 0.820. The molecule has 20 heavy (non-hydrogen) atoms. The number of halogens is 1. The summed E-state index contributed by atoms with van der Waals surface area (Å²) in [5.41, 5.74) is 2.29. The highest BCUT2D eigenvalue weighted by Gasteiger charge is 2.17. The molecule has 1 aliphatic heterocycles. The fourth-order valence-corrected chi connectivity index (χ4v) is 2.72. The van der Waals surface area contributed by atoms with Crippen LogP contribution in [-0.2, 0) is 6.61 Å². The first-order valence-electron chi connectivity index (χ1n) is 7.04. The monoisotopic (exact) mass is 287 g/mol. The molecule has 0 aromatic heterocycles. The fourth-order valence-electron chi connectivity index (χ4n) is 2.55. The molecule has 0 unspecified atom stereocenters. The zero-order valence-electron chi connectivity index (χ0n) is 11.4. The molecule has 2 aromatic rings. The number of benzene rings is 2. The third-order valence-corrected chi connectivity index (χ3v) is 3.84. The van der Waals surface area contributed by atoms with E-state index in [2.05, 4.69) is 17.0 Å². The summed E-state index contributed by atoms with van der Waals surface area (Å²) in [6.45, 7) is 2.76. The molecule has 0 spiro atoms. The van der Waals surface area contributed by atoms with Gasteiger partial charge in [-0.25, -0.2) is 0 Å². The molecule has 3 rings (SSSR count). The Morgan fingerprint density at radius 1 is 1.00 bits per heavy atom. The van der Waals surface area contributed by atoms with E-state index in [-0.39, 0.29) is 0 Å². The molecule has 3 heteroatoms. The average molecular weight is 288 g/mol. The van der Waals surface area contributed by atoms with Gasteiger partial charge in [-0.05, 0) is 36.6 Å². The number of anilines is 1. The Kier molecular flexibility index (Phi) is 4.12. The van der Waals surface area contributed by atoms with E-state index in [0.717, 1.165) is 29.5 Å². The van der Waals surface area contributed by atoms with E-state index < -0.39 is 0 Å². The summed E-state index contributed by atoms with van der Waals surface area (Å²) >= 11 is 6.13. The molecule has 0 saturated carbocycles. The summed E-state index contributed by atoms with van der Waals surface area (Å²) in [7, 11) is 0. The van der Waals surface area contributed by atoms with Crippen LogP contribution in [0.15, 0.2) is 48.5 Å². The summed E-state index contributed by atoms with van der Waals surface area (Å²) in [6, 6.07) is 16.1. The van der Waals surface area contributed by atoms with Crippen LogP contribution in [-0.4, -0.2) is 13.1 Å². The van der Waals surface area contributed by atoms with Gasteiger partial charge in [-0.1, -0.05) is 41.9 Å². The van der Waals surface area contributed by atoms with Gasteiger partial charge >= 0.3 is 0 Å². The first-order valence-corrected chi connectivity index (χ1v) is 7.42. The first kappa shape index (κ1) is 13.3. The van der Waals surface area contributed by atoms with Gasteiger partial charge in [0.15, 0.2) is 0 Å². The smallest absolute Gasteiger partial charge is 0.143 e. The molecular weight excluding hydrogens is 270 g/mol. The molecule has 1 aliphatic rings. The lowest BCUT2D eigenvalue weighted by Gasteiger charge is -2.21. The summed E-state index contributed by atoms with van der Waals surface area (Å²) in [5.74, 6) is 0.917. The van der Waals surface area contributed by atoms with Crippen LogP contribution in [0.1, 0.15) is 18.4 Å². The molecule has 1 fully saturated rings. The zero-order chi connectivity index (χ0) is 13.8. The van der Waals surface area contributed by atoms with Gasteiger partial charge in [-0.3, -0.25) is 0 Å². The molecule has 0 bridgehead atoms. The van der Waals surface area contributed by atoms with Crippen LogP contribution in [0.25, 0.3) is 0 Å². The Hall–Kier alpha value is -1.67. The van der Waals surface area contributed by atoms with Crippen molar-refractivity contribution < 1.29 is 4.74 Å². The van der Waals surface area contributed by atoms with Crippen LogP contribution in [0.2, 0.25) is 5.02 Å². The molecule has 0 radical (unpaired) electrons. The standard InChI is InChI=1S/C17H18ClNO/c18-15-8-9-17(16(12-15)19-10-4-5-11-19)20-13-14-6-2-1-3-7-14/h1-3,6-9,12H,4-5,10-11,13H2. The average Bonchev–Trinajstić information content (AvgIpc) is 3.01. The van der Waals surface area contributed by atoms with E-state index >= 15 is 0 Å². The highest BCUT2D eigenvalue weighted by atomic mass is 35.5. The minimum Gasteiger partial charge on any atom is -0.487 e. The maximum absolute atomic E-state index is 6.13. The summed E-state index contributed by atoms with van der Waals surface area (Å²) < 4.78 is 5.99. The van der Waals surface area contributed by atoms with Crippen LogP contribution >= 0.6 is 11.6 Å². The maximum atomic E-state index is 6.13. The van der Waals surface area contributed by atoms with Crippen molar-refractivity contribution >= 4 is 17.3 Å². The van der Waals surface area contributed by atoms with Gasteiger partial charge < -0.3 is 9.64 Å². The second kappa shape index (κ2) is 6.19. The molecule has 104 valence electrons.